The zero-order valence-corrected chi connectivity index (χ0v) is 19.8. The Hall–Kier alpha value is -3.81. The number of carbonyl (C=O) groups excluding carboxylic acids is 3. The van der Waals surface area contributed by atoms with Crippen molar-refractivity contribution in [1.82, 2.24) is 4.90 Å². The molecular formula is C28H27N3O5. The SMILES string of the molecule is O=C(c1ccc(N2C(=O)[C@@H]3[C@@H](C2=O)[C@H]2C=C[C@H]3C2)c([N+](=O)[O-])c1)N1CCC(Cc2ccccc2)CC1. The van der Waals surface area contributed by atoms with Gasteiger partial charge in [0, 0.05) is 24.7 Å². The molecule has 0 spiro atoms. The number of benzene rings is 2. The van der Waals surface area contributed by atoms with E-state index in [1.165, 1.54) is 23.8 Å². The Balaban J connectivity index is 1.19. The summed E-state index contributed by atoms with van der Waals surface area (Å²) in [4.78, 5) is 53.6. The van der Waals surface area contributed by atoms with Crippen molar-refractivity contribution < 1.29 is 19.3 Å². The van der Waals surface area contributed by atoms with E-state index < -0.39 is 16.8 Å². The van der Waals surface area contributed by atoms with Gasteiger partial charge in [-0.05, 0) is 61.1 Å². The van der Waals surface area contributed by atoms with Gasteiger partial charge in [-0.25, -0.2) is 4.90 Å². The fourth-order valence-corrected chi connectivity index (χ4v) is 6.60. The monoisotopic (exact) mass is 485 g/mol. The maximum absolute atomic E-state index is 13.2. The summed E-state index contributed by atoms with van der Waals surface area (Å²) in [6, 6.07) is 14.4. The summed E-state index contributed by atoms with van der Waals surface area (Å²) in [6.45, 7) is 1.18. The molecular weight excluding hydrogens is 458 g/mol. The first-order valence-electron chi connectivity index (χ1n) is 12.6. The summed E-state index contributed by atoms with van der Waals surface area (Å²) in [6.07, 6.45) is 7.48. The van der Waals surface area contributed by atoms with E-state index in [2.05, 4.69) is 12.1 Å². The highest BCUT2D eigenvalue weighted by Gasteiger charge is 2.60. The normalized spacial score (nSPS) is 27.1. The molecule has 2 aromatic carbocycles. The lowest BCUT2D eigenvalue weighted by molar-refractivity contribution is -0.384. The maximum atomic E-state index is 13.2. The first-order valence-corrected chi connectivity index (χ1v) is 12.6. The number of carbonyl (C=O) groups is 3. The van der Waals surface area contributed by atoms with Crippen LogP contribution in [0.4, 0.5) is 11.4 Å². The standard InChI is InChI=1S/C28H27N3O5/c32-26(29-12-10-18(11-13-29)14-17-4-2-1-3-5-17)21-8-9-22(23(16-21)31(35)36)30-27(33)24-19-6-7-20(15-19)25(24)28(30)34/h1-9,16,18-20,24-25H,10-15H2/t19-,20-,24-,25-/m0/s1. The summed E-state index contributed by atoms with van der Waals surface area (Å²) >= 11 is 0. The summed E-state index contributed by atoms with van der Waals surface area (Å²) in [5.74, 6) is -1.35. The van der Waals surface area contributed by atoms with Gasteiger partial charge >= 0.3 is 0 Å². The number of hydrogen-bond donors (Lipinski definition) is 0. The number of anilines is 1. The van der Waals surface area contributed by atoms with Gasteiger partial charge in [0.1, 0.15) is 5.69 Å². The minimum atomic E-state index is -0.611. The molecule has 4 aliphatic rings. The third-order valence-corrected chi connectivity index (χ3v) is 8.40. The maximum Gasteiger partial charge on any atom is 0.294 e. The van der Waals surface area contributed by atoms with Crippen molar-refractivity contribution in [2.45, 2.75) is 25.7 Å². The molecule has 1 saturated carbocycles. The molecule has 2 aliphatic heterocycles. The molecule has 2 saturated heterocycles. The number of rotatable bonds is 5. The van der Waals surface area contributed by atoms with Gasteiger partial charge in [0.15, 0.2) is 0 Å². The highest BCUT2D eigenvalue weighted by molar-refractivity contribution is 6.23. The minimum absolute atomic E-state index is 0.0196. The van der Waals surface area contributed by atoms with Gasteiger partial charge in [0.25, 0.3) is 11.6 Å². The fourth-order valence-electron chi connectivity index (χ4n) is 6.60. The van der Waals surface area contributed by atoms with Crippen LogP contribution in [0.3, 0.4) is 0 Å². The first-order chi connectivity index (χ1) is 17.4. The molecule has 2 bridgehead atoms. The molecule has 0 radical (unpaired) electrons. The van der Waals surface area contributed by atoms with Crippen LogP contribution in [0.25, 0.3) is 0 Å². The van der Waals surface area contributed by atoms with Crippen LogP contribution in [0, 0.1) is 39.7 Å². The molecule has 3 fully saturated rings. The smallest absolute Gasteiger partial charge is 0.294 e. The molecule has 4 atom stereocenters. The quantitative estimate of drug-likeness (QED) is 0.276. The highest BCUT2D eigenvalue weighted by atomic mass is 16.6. The second-order valence-corrected chi connectivity index (χ2v) is 10.4. The van der Waals surface area contributed by atoms with E-state index in [0.717, 1.165) is 30.6 Å². The van der Waals surface area contributed by atoms with Crippen LogP contribution < -0.4 is 4.90 Å². The number of allylic oxidation sites excluding steroid dienone is 2. The number of nitro groups is 1. The number of piperidine rings is 1. The van der Waals surface area contributed by atoms with Crippen molar-refractivity contribution in [2.24, 2.45) is 29.6 Å². The molecule has 8 heteroatoms. The third kappa shape index (κ3) is 3.63. The molecule has 0 aromatic heterocycles. The molecule has 3 amide bonds. The Morgan fingerprint density at radius 1 is 0.944 bits per heavy atom. The van der Waals surface area contributed by atoms with Gasteiger partial charge in [-0.3, -0.25) is 24.5 Å². The Morgan fingerprint density at radius 2 is 1.58 bits per heavy atom. The van der Waals surface area contributed by atoms with E-state index in [1.54, 1.807) is 4.90 Å². The largest absolute Gasteiger partial charge is 0.339 e. The molecule has 2 heterocycles. The lowest BCUT2D eigenvalue weighted by Crippen LogP contribution is -2.39. The van der Waals surface area contributed by atoms with Crippen LogP contribution in [0.2, 0.25) is 0 Å². The molecule has 0 unspecified atom stereocenters. The summed E-state index contributed by atoms with van der Waals surface area (Å²) in [5.41, 5.74) is 1.06. The van der Waals surface area contributed by atoms with Gasteiger partial charge in [0.2, 0.25) is 11.8 Å². The van der Waals surface area contributed by atoms with Crippen molar-refractivity contribution in [3.05, 3.63) is 81.9 Å². The number of nitrogens with zero attached hydrogens (tertiary/aromatic N) is 3. The zero-order chi connectivity index (χ0) is 25.0. The Kier molecular flexibility index (Phi) is 5.47. The molecule has 2 aliphatic carbocycles. The minimum Gasteiger partial charge on any atom is -0.339 e. The molecule has 8 nitrogen and oxygen atoms in total. The van der Waals surface area contributed by atoms with Crippen LogP contribution in [0.1, 0.15) is 35.2 Å². The van der Waals surface area contributed by atoms with E-state index in [4.69, 9.17) is 0 Å². The predicted molar refractivity (Wildman–Crippen MR) is 132 cm³/mol. The Bertz CT molecular complexity index is 1250. The third-order valence-electron chi connectivity index (χ3n) is 8.40. The summed E-state index contributed by atoms with van der Waals surface area (Å²) in [7, 11) is 0. The van der Waals surface area contributed by atoms with Crippen LogP contribution in [0.5, 0.6) is 0 Å². The van der Waals surface area contributed by atoms with E-state index >= 15 is 0 Å². The van der Waals surface area contributed by atoms with E-state index in [1.807, 2.05) is 30.4 Å². The van der Waals surface area contributed by atoms with Gasteiger partial charge < -0.3 is 4.90 Å². The second-order valence-electron chi connectivity index (χ2n) is 10.4. The fraction of sp³-hybridized carbons (Fsp3) is 0.393. The van der Waals surface area contributed by atoms with E-state index in [-0.39, 0.29) is 46.5 Å². The van der Waals surface area contributed by atoms with Crippen LogP contribution in [-0.4, -0.2) is 40.6 Å². The molecule has 36 heavy (non-hydrogen) atoms. The van der Waals surface area contributed by atoms with Crippen LogP contribution in [-0.2, 0) is 16.0 Å². The topological polar surface area (TPSA) is 101 Å². The highest BCUT2D eigenvalue weighted by Crippen LogP contribution is 2.53. The number of hydrogen-bond acceptors (Lipinski definition) is 5. The summed E-state index contributed by atoms with van der Waals surface area (Å²) < 4.78 is 0. The average Bonchev–Trinajstić information content (AvgIpc) is 3.58. The predicted octanol–water partition coefficient (Wildman–Crippen LogP) is 4.00. The van der Waals surface area contributed by atoms with Gasteiger partial charge in [-0.2, -0.15) is 0 Å². The van der Waals surface area contributed by atoms with Crippen molar-refractivity contribution in [1.29, 1.82) is 0 Å². The van der Waals surface area contributed by atoms with Gasteiger partial charge in [0.05, 0.1) is 16.8 Å². The first kappa shape index (κ1) is 22.6. The van der Waals surface area contributed by atoms with Gasteiger partial charge in [-0.1, -0.05) is 42.5 Å². The van der Waals surface area contributed by atoms with Crippen molar-refractivity contribution in [2.75, 3.05) is 18.0 Å². The Labute approximate surface area is 208 Å². The van der Waals surface area contributed by atoms with Crippen molar-refractivity contribution >= 4 is 29.1 Å². The average molecular weight is 486 g/mol. The summed E-state index contributed by atoms with van der Waals surface area (Å²) in [5, 5.41) is 12.0. The van der Waals surface area contributed by atoms with E-state index in [0.29, 0.717) is 19.0 Å². The molecule has 2 aromatic rings. The number of imide groups is 1. The number of amides is 3. The molecule has 6 rings (SSSR count). The van der Waals surface area contributed by atoms with Gasteiger partial charge in [-0.15, -0.1) is 0 Å². The van der Waals surface area contributed by atoms with Crippen molar-refractivity contribution in [3.8, 4) is 0 Å². The van der Waals surface area contributed by atoms with Crippen molar-refractivity contribution in [3.63, 3.8) is 0 Å². The number of likely N-dealkylation sites (tertiary alicyclic amines) is 1. The Morgan fingerprint density at radius 3 is 2.19 bits per heavy atom. The number of fused-ring (bicyclic) bond motifs is 5. The molecule has 0 N–H and O–H groups in total. The second kappa shape index (κ2) is 8.69. The van der Waals surface area contributed by atoms with Crippen LogP contribution >= 0.6 is 0 Å². The van der Waals surface area contributed by atoms with E-state index in [9.17, 15) is 24.5 Å². The number of nitro benzene ring substituents is 1. The lowest BCUT2D eigenvalue weighted by Gasteiger charge is -2.32. The van der Waals surface area contributed by atoms with Crippen LogP contribution in [0.15, 0.2) is 60.7 Å². The lowest BCUT2D eigenvalue weighted by atomic mass is 9.85. The zero-order valence-electron chi connectivity index (χ0n) is 19.8. The molecule has 184 valence electrons.